The molecule has 0 saturated heterocycles. The summed E-state index contributed by atoms with van der Waals surface area (Å²) in [6.07, 6.45) is 3.51. The van der Waals surface area contributed by atoms with Crippen molar-refractivity contribution in [2.24, 2.45) is 0 Å². The van der Waals surface area contributed by atoms with Crippen LogP contribution < -0.4 is 0 Å². The van der Waals surface area contributed by atoms with Crippen LogP contribution in [0.5, 0.6) is 0 Å². The van der Waals surface area contributed by atoms with Gasteiger partial charge >= 0.3 is 17.8 Å². The van der Waals surface area contributed by atoms with Crippen LogP contribution >= 0.6 is 23.5 Å². The fourth-order valence-electron chi connectivity index (χ4n) is 6.21. The Kier molecular flexibility index (Phi) is 5.30. The Bertz CT molecular complexity index is 1310. The highest BCUT2D eigenvalue weighted by Gasteiger charge is 2.84. The smallest absolute Gasteiger partial charge is 0.194 e. The molecule has 37 heavy (non-hydrogen) atoms. The highest BCUT2D eigenvalue weighted by Crippen LogP contribution is 2.76. The number of thioether (sulfide) groups is 2. The molecule has 2 aromatic rings. The van der Waals surface area contributed by atoms with Gasteiger partial charge in [0, 0.05) is 21.0 Å². The Morgan fingerprint density at radius 2 is 0.919 bits per heavy atom. The quantitative estimate of drug-likeness (QED) is 0.349. The highest BCUT2D eigenvalue weighted by atomic mass is 32.2. The summed E-state index contributed by atoms with van der Waals surface area (Å²) in [5.74, 6) is -15.6. The molecule has 1 fully saturated rings. The van der Waals surface area contributed by atoms with Gasteiger partial charge in [0.15, 0.2) is 0 Å². The zero-order chi connectivity index (χ0) is 26.4. The minimum Gasteiger partial charge on any atom is -0.194 e. The van der Waals surface area contributed by atoms with Gasteiger partial charge in [-0.3, -0.25) is 0 Å². The molecule has 4 aliphatic rings. The minimum atomic E-state index is -5.55. The zero-order valence-corrected chi connectivity index (χ0v) is 21.6. The molecular weight excluding hydrogens is 526 g/mol. The molecule has 2 atom stereocenters. The number of benzene rings is 2. The van der Waals surface area contributed by atoms with Crippen LogP contribution in [0.4, 0.5) is 26.3 Å². The molecule has 2 aromatic carbocycles. The summed E-state index contributed by atoms with van der Waals surface area (Å²) in [5.41, 5.74) is -1.14. The van der Waals surface area contributed by atoms with Gasteiger partial charge in [-0.2, -0.15) is 26.3 Å². The predicted molar refractivity (Wildman–Crippen MR) is 139 cm³/mol. The lowest BCUT2D eigenvalue weighted by molar-refractivity contribution is -0.258. The van der Waals surface area contributed by atoms with E-state index in [1.165, 1.54) is 35.7 Å². The lowest BCUT2D eigenvalue weighted by Gasteiger charge is -2.50. The molecule has 2 aliphatic heterocycles. The highest BCUT2D eigenvalue weighted by molar-refractivity contribution is 8.14. The Morgan fingerprint density at radius 1 is 0.568 bits per heavy atom. The average Bonchev–Trinajstić information content (AvgIpc) is 3.51. The minimum absolute atomic E-state index is 0.100. The topological polar surface area (TPSA) is 0 Å². The maximum atomic E-state index is 15.5. The second-order valence-corrected chi connectivity index (χ2v) is 12.3. The Labute approximate surface area is 219 Å². The zero-order valence-electron chi connectivity index (χ0n) is 19.9. The van der Waals surface area contributed by atoms with E-state index < -0.39 is 38.4 Å². The molecule has 0 amide bonds. The summed E-state index contributed by atoms with van der Waals surface area (Å²) in [7, 11) is 0. The van der Waals surface area contributed by atoms with E-state index in [0.717, 1.165) is 11.1 Å². The molecular formula is C29H22F6S2. The standard InChI is InChI=1S/C29H22F6S2/c1-3-25-19(15-21(36-25)17-11-7-5-8-12-17)23-24(28(32,33)29(34,35)27(23,30)31)20-16-22(37-26(20,25)4-2)18-13-9-6-10-14-18/h5-16H,3-4H2,1-2H3/t25-,26-/m0/s1. The molecule has 1 saturated carbocycles. The maximum Gasteiger partial charge on any atom is 0.380 e. The summed E-state index contributed by atoms with van der Waals surface area (Å²) >= 11 is 2.67. The van der Waals surface area contributed by atoms with Gasteiger partial charge < -0.3 is 0 Å². The van der Waals surface area contributed by atoms with Crippen molar-refractivity contribution in [1.29, 1.82) is 0 Å². The first kappa shape index (κ1) is 25.0. The molecule has 2 heterocycles. The number of halogens is 6. The SMILES string of the molecule is CC[C@]12SC(c3ccccc3)=CC1=C1C(=C3C=C(c4ccccc4)S[C@@]32CC)C(F)(F)C(F)(F)C1(F)F. The average molecular weight is 549 g/mol. The molecule has 8 heteroatoms. The van der Waals surface area contributed by atoms with E-state index in [4.69, 9.17) is 0 Å². The largest absolute Gasteiger partial charge is 0.380 e. The summed E-state index contributed by atoms with van der Waals surface area (Å²) in [5, 5.41) is 0. The van der Waals surface area contributed by atoms with Crippen LogP contribution in [0.25, 0.3) is 9.81 Å². The number of hydrogen-bond donors (Lipinski definition) is 0. The van der Waals surface area contributed by atoms with E-state index in [0.29, 0.717) is 22.7 Å². The second-order valence-electron chi connectivity index (χ2n) is 9.62. The molecule has 0 N–H and O–H groups in total. The third-order valence-corrected chi connectivity index (χ3v) is 11.6. The fraction of sp³-hybridized carbons (Fsp3) is 0.310. The molecule has 6 rings (SSSR count). The number of rotatable bonds is 4. The maximum absolute atomic E-state index is 15.5. The van der Waals surface area contributed by atoms with Crippen molar-refractivity contribution in [1.82, 2.24) is 0 Å². The predicted octanol–water partition coefficient (Wildman–Crippen LogP) is 9.39. The molecule has 0 aromatic heterocycles. The van der Waals surface area contributed by atoms with Crippen LogP contribution in [0.3, 0.4) is 0 Å². The van der Waals surface area contributed by atoms with Gasteiger partial charge in [-0.05, 0) is 47.3 Å². The molecule has 0 nitrogen and oxygen atoms in total. The second kappa shape index (κ2) is 7.85. The lowest BCUT2D eigenvalue weighted by atomic mass is 9.67. The van der Waals surface area contributed by atoms with E-state index in [9.17, 15) is 8.78 Å². The van der Waals surface area contributed by atoms with Crippen LogP contribution in [0, 0.1) is 0 Å². The van der Waals surface area contributed by atoms with Gasteiger partial charge in [-0.15, -0.1) is 23.5 Å². The van der Waals surface area contributed by atoms with Crippen molar-refractivity contribution in [3.63, 3.8) is 0 Å². The van der Waals surface area contributed by atoms with Crippen molar-refractivity contribution in [3.8, 4) is 0 Å². The Balaban J connectivity index is 1.72. The summed E-state index contributed by atoms with van der Waals surface area (Å²) in [4.78, 5) is 1.22. The number of fused-ring (bicyclic) bond motifs is 4. The lowest BCUT2D eigenvalue weighted by Crippen LogP contribution is -2.52. The van der Waals surface area contributed by atoms with Gasteiger partial charge in [0.05, 0.1) is 9.49 Å². The number of hydrogen-bond acceptors (Lipinski definition) is 2. The van der Waals surface area contributed by atoms with Gasteiger partial charge in [0.2, 0.25) is 0 Å². The van der Waals surface area contributed by atoms with E-state index in [2.05, 4.69) is 0 Å². The van der Waals surface area contributed by atoms with E-state index in [1.54, 1.807) is 24.3 Å². The van der Waals surface area contributed by atoms with E-state index >= 15 is 17.6 Å². The van der Waals surface area contributed by atoms with Crippen LogP contribution in [0.2, 0.25) is 0 Å². The monoisotopic (exact) mass is 548 g/mol. The number of allylic oxidation sites excluding steroid dienone is 4. The summed E-state index contributed by atoms with van der Waals surface area (Å²) in [6, 6.07) is 18.1. The van der Waals surface area contributed by atoms with Crippen molar-refractivity contribution in [2.75, 3.05) is 0 Å². The Hall–Kier alpha value is -2.32. The van der Waals surface area contributed by atoms with Crippen LogP contribution in [-0.2, 0) is 0 Å². The summed E-state index contributed by atoms with van der Waals surface area (Å²) in [6.45, 7) is 3.64. The Morgan fingerprint density at radius 3 is 1.24 bits per heavy atom. The molecule has 2 aliphatic carbocycles. The van der Waals surface area contributed by atoms with Crippen molar-refractivity contribution in [3.05, 3.63) is 106 Å². The van der Waals surface area contributed by atoms with Gasteiger partial charge in [0.25, 0.3) is 0 Å². The first-order valence-electron chi connectivity index (χ1n) is 12.0. The van der Waals surface area contributed by atoms with Crippen molar-refractivity contribution in [2.45, 2.75) is 54.0 Å². The normalized spacial score (nSPS) is 30.6. The van der Waals surface area contributed by atoms with Crippen molar-refractivity contribution >= 4 is 33.3 Å². The number of alkyl halides is 6. The first-order valence-corrected chi connectivity index (χ1v) is 13.7. The van der Waals surface area contributed by atoms with Crippen LogP contribution in [-0.4, -0.2) is 27.3 Å². The molecule has 0 spiro atoms. The fourth-order valence-corrected chi connectivity index (χ4v) is 9.74. The first-order chi connectivity index (χ1) is 17.5. The summed E-state index contributed by atoms with van der Waals surface area (Å²) < 4.78 is 89.9. The molecule has 192 valence electrons. The van der Waals surface area contributed by atoms with Gasteiger partial charge in [-0.25, -0.2) is 0 Å². The van der Waals surface area contributed by atoms with Gasteiger partial charge in [-0.1, -0.05) is 74.5 Å². The third kappa shape index (κ3) is 2.86. The molecule has 0 radical (unpaired) electrons. The van der Waals surface area contributed by atoms with Gasteiger partial charge in [0.1, 0.15) is 0 Å². The third-order valence-electron chi connectivity index (χ3n) is 7.96. The van der Waals surface area contributed by atoms with Crippen LogP contribution in [0.15, 0.2) is 95.1 Å². The van der Waals surface area contributed by atoms with Crippen LogP contribution in [0.1, 0.15) is 37.8 Å². The van der Waals surface area contributed by atoms with Crippen molar-refractivity contribution < 1.29 is 26.3 Å². The van der Waals surface area contributed by atoms with E-state index in [1.807, 2.05) is 50.2 Å². The molecule has 0 bridgehead atoms. The molecule has 0 unspecified atom stereocenters. The van der Waals surface area contributed by atoms with E-state index in [-0.39, 0.29) is 11.1 Å².